The van der Waals surface area contributed by atoms with Gasteiger partial charge in [-0.05, 0) is 12.3 Å². The summed E-state index contributed by atoms with van der Waals surface area (Å²) in [5.74, 6) is -0.134. The summed E-state index contributed by atoms with van der Waals surface area (Å²) in [4.78, 5) is 11.5. The largest absolute Gasteiger partial charge is 0.340 e. The SMILES string of the molecule is CC(C(=O)N[C@H](C)C#N)C(C)(C)C. The number of hydrogen-bond acceptors (Lipinski definition) is 2. The lowest BCUT2D eigenvalue weighted by molar-refractivity contribution is -0.127. The molecule has 1 amide bonds. The average molecular weight is 182 g/mol. The lowest BCUT2D eigenvalue weighted by Gasteiger charge is -2.26. The molecule has 0 saturated heterocycles. The number of nitrogens with zero attached hydrogens (tertiary/aromatic N) is 1. The van der Waals surface area contributed by atoms with Crippen LogP contribution < -0.4 is 5.32 Å². The van der Waals surface area contributed by atoms with Gasteiger partial charge in [0.15, 0.2) is 0 Å². The molecule has 74 valence electrons. The maximum absolute atomic E-state index is 11.5. The molecule has 2 atom stereocenters. The lowest BCUT2D eigenvalue weighted by atomic mass is 9.81. The molecule has 1 unspecified atom stereocenters. The van der Waals surface area contributed by atoms with Crippen LogP contribution in [0.3, 0.4) is 0 Å². The molecule has 13 heavy (non-hydrogen) atoms. The summed E-state index contributed by atoms with van der Waals surface area (Å²) in [5, 5.41) is 11.1. The quantitative estimate of drug-likeness (QED) is 0.706. The maximum Gasteiger partial charge on any atom is 0.224 e. The van der Waals surface area contributed by atoms with E-state index in [-0.39, 0.29) is 17.2 Å². The molecular weight excluding hydrogens is 164 g/mol. The van der Waals surface area contributed by atoms with E-state index < -0.39 is 6.04 Å². The lowest BCUT2D eigenvalue weighted by Crippen LogP contribution is -2.40. The molecule has 0 aromatic carbocycles. The topological polar surface area (TPSA) is 52.9 Å². The standard InChI is InChI=1S/C10H18N2O/c1-7(6-11)12-9(13)8(2)10(3,4)5/h7-8H,1-5H3,(H,12,13)/t7-,8?/m1/s1. The van der Waals surface area contributed by atoms with E-state index in [2.05, 4.69) is 5.32 Å². The summed E-state index contributed by atoms with van der Waals surface area (Å²) >= 11 is 0. The highest BCUT2D eigenvalue weighted by Gasteiger charge is 2.27. The number of amides is 1. The maximum atomic E-state index is 11.5. The monoisotopic (exact) mass is 182 g/mol. The normalized spacial score (nSPS) is 15.7. The molecule has 0 saturated carbocycles. The number of nitriles is 1. The van der Waals surface area contributed by atoms with E-state index in [0.29, 0.717) is 0 Å². The molecule has 0 aliphatic rings. The Hall–Kier alpha value is -1.04. The van der Waals surface area contributed by atoms with Crippen LogP contribution >= 0.6 is 0 Å². The van der Waals surface area contributed by atoms with Crippen LogP contribution in [0.15, 0.2) is 0 Å². The van der Waals surface area contributed by atoms with Gasteiger partial charge < -0.3 is 5.32 Å². The molecule has 0 bridgehead atoms. The predicted octanol–water partition coefficient (Wildman–Crippen LogP) is 1.70. The van der Waals surface area contributed by atoms with Crippen molar-refractivity contribution in [3.63, 3.8) is 0 Å². The van der Waals surface area contributed by atoms with Gasteiger partial charge in [-0.2, -0.15) is 5.26 Å². The first-order chi connectivity index (χ1) is 5.79. The van der Waals surface area contributed by atoms with E-state index >= 15 is 0 Å². The van der Waals surface area contributed by atoms with Gasteiger partial charge in [0.25, 0.3) is 0 Å². The van der Waals surface area contributed by atoms with Crippen LogP contribution in [0.4, 0.5) is 0 Å². The molecule has 0 aliphatic heterocycles. The van der Waals surface area contributed by atoms with Crippen molar-refractivity contribution in [3.05, 3.63) is 0 Å². The number of hydrogen-bond donors (Lipinski definition) is 1. The van der Waals surface area contributed by atoms with E-state index in [4.69, 9.17) is 5.26 Å². The highest BCUT2D eigenvalue weighted by molar-refractivity contribution is 5.79. The van der Waals surface area contributed by atoms with Crippen LogP contribution in [-0.4, -0.2) is 11.9 Å². The summed E-state index contributed by atoms with van der Waals surface area (Å²) in [6, 6.07) is 1.56. The molecule has 1 N–H and O–H groups in total. The van der Waals surface area contributed by atoms with E-state index in [1.54, 1.807) is 6.92 Å². The summed E-state index contributed by atoms with van der Waals surface area (Å²) in [6.07, 6.45) is 0. The van der Waals surface area contributed by atoms with Crippen molar-refractivity contribution in [1.29, 1.82) is 5.26 Å². The fourth-order valence-electron chi connectivity index (χ4n) is 0.764. The molecule has 0 aromatic rings. The highest BCUT2D eigenvalue weighted by atomic mass is 16.1. The van der Waals surface area contributed by atoms with Crippen LogP contribution in [-0.2, 0) is 4.79 Å². The molecule has 0 aromatic heterocycles. The van der Waals surface area contributed by atoms with Crippen molar-refractivity contribution in [2.45, 2.75) is 40.7 Å². The summed E-state index contributed by atoms with van der Waals surface area (Å²) < 4.78 is 0. The summed E-state index contributed by atoms with van der Waals surface area (Å²) in [7, 11) is 0. The Morgan fingerprint density at radius 1 is 1.38 bits per heavy atom. The second-order valence-corrected chi connectivity index (χ2v) is 4.45. The zero-order valence-electron chi connectivity index (χ0n) is 9.01. The third kappa shape index (κ3) is 3.93. The Bertz CT molecular complexity index is 222. The second-order valence-electron chi connectivity index (χ2n) is 4.45. The van der Waals surface area contributed by atoms with Crippen molar-refractivity contribution in [2.75, 3.05) is 0 Å². The zero-order valence-corrected chi connectivity index (χ0v) is 9.01. The van der Waals surface area contributed by atoms with Gasteiger partial charge >= 0.3 is 0 Å². The third-order valence-corrected chi connectivity index (χ3v) is 2.24. The minimum Gasteiger partial charge on any atom is -0.340 e. The molecule has 3 heteroatoms. The number of carbonyl (C=O) groups excluding carboxylic acids is 1. The third-order valence-electron chi connectivity index (χ3n) is 2.24. The first-order valence-electron chi connectivity index (χ1n) is 4.49. The van der Waals surface area contributed by atoms with Gasteiger partial charge in [-0.1, -0.05) is 27.7 Å². The highest BCUT2D eigenvalue weighted by Crippen LogP contribution is 2.25. The number of rotatable bonds is 2. The molecule has 0 heterocycles. The minimum atomic E-state index is -0.405. The van der Waals surface area contributed by atoms with E-state index in [1.807, 2.05) is 33.8 Å². The van der Waals surface area contributed by atoms with E-state index in [0.717, 1.165) is 0 Å². The van der Waals surface area contributed by atoms with Crippen molar-refractivity contribution in [2.24, 2.45) is 11.3 Å². The Labute approximate surface area is 80.1 Å². The van der Waals surface area contributed by atoms with Gasteiger partial charge in [-0.3, -0.25) is 4.79 Å². The van der Waals surface area contributed by atoms with Gasteiger partial charge in [0.2, 0.25) is 5.91 Å². The molecular formula is C10H18N2O. The average Bonchev–Trinajstić information content (AvgIpc) is 2.01. The summed E-state index contributed by atoms with van der Waals surface area (Å²) in [6.45, 7) is 9.57. The Morgan fingerprint density at radius 3 is 2.15 bits per heavy atom. The van der Waals surface area contributed by atoms with E-state index in [9.17, 15) is 4.79 Å². The number of nitrogens with one attached hydrogen (secondary N) is 1. The van der Waals surface area contributed by atoms with Crippen LogP contribution in [0.1, 0.15) is 34.6 Å². The first kappa shape index (κ1) is 12.0. The molecule has 0 fully saturated rings. The van der Waals surface area contributed by atoms with Gasteiger partial charge in [0.05, 0.1) is 6.07 Å². The van der Waals surface area contributed by atoms with E-state index in [1.165, 1.54) is 0 Å². The van der Waals surface area contributed by atoms with Gasteiger partial charge in [0.1, 0.15) is 6.04 Å². The van der Waals surface area contributed by atoms with Gasteiger partial charge in [0, 0.05) is 5.92 Å². The molecule has 0 radical (unpaired) electrons. The van der Waals surface area contributed by atoms with Crippen LogP contribution in [0, 0.1) is 22.7 Å². The van der Waals surface area contributed by atoms with Crippen LogP contribution in [0.2, 0.25) is 0 Å². The van der Waals surface area contributed by atoms with Crippen molar-refractivity contribution < 1.29 is 4.79 Å². The minimum absolute atomic E-state index is 0.0541. The van der Waals surface area contributed by atoms with Gasteiger partial charge in [-0.25, -0.2) is 0 Å². The number of carbonyl (C=O) groups is 1. The van der Waals surface area contributed by atoms with Gasteiger partial charge in [-0.15, -0.1) is 0 Å². The van der Waals surface area contributed by atoms with Crippen molar-refractivity contribution >= 4 is 5.91 Å². The molecule has 3 nitrogen and oxygen atoms in total. The molecule has 0 rings (SSSR count). The second kappa shape index (κ2) is 4.27. The van der Waals surface area contributed by atoms with Crippen molar-refractivity contribution in [3.8, 4) is 6.07 Å². The Kier molecular flexibility index (Phi) is 3.93. The van der Waals surface area contributed by atoms with Crippen LogP contribution in [0.25, 0.3) is 0 Å². The fraction of sp³-hybridized carbons (Fsp3) is 0.800. The molecule has 0 aliphatic carbocycles. The zero-order chi connectivity index (χ0) is 10.6. The van der Waals surface area contributed by atoms with Crippen LogP contribution in [0.5, 0.6) is 0 Å². The smallest absolute Gasteiger partial charge is 0.224 e. The predicted molar refractivity (Wildman–Crippen MR) is 51.8 cm³/mol. The Morgan fingerprint density at radius 2 is 1.85 bits per heavy atom. The van der Waals surface area contributed by atoms with Crippen molar-refractivity contribution in [1.82, 2.24) is 5.32 Å². The summed E-state index contributed by atoms with van der Waals surface area (Å²) in [5.41, 5.74) is -0.0563. The fourth-order valence-corrected chi connectivity index (χ4v) is 0.764. The molecule has 0 spiro atoms. The first-order valence-corrected chi connectivity index (χ1v) is 4.49. The Balaban J connectivity index is 4.22.